The Morgan fingerprint density at radius 2 is 1.39 bits per heavy atom. The first kappa shape index (κ1) is 34.5. The molecule has 1 amide bonds. The van der Waals surface area contributed by atoms with Gasteiger partial charge in [0.1, 0.15) is 5.60 Å². The maximum absolute atomic E-state index is 14.3. The average Bonchev–Trinajstić information content (AvgIpc) is 3.14. The number of carbonyl (C=O) groups excluding carboxylic acids is 1. The molecule has 44 heavy (non-hydrogen) atoms. The highest BCUT2D eigenvalue weighted by Gasteiger charge is 2.57. The summed E-state index contributed by atoms with van der Waals surface area (Å²) in [6.45, 7) is 25.5. The molecule has 2 unspecified atom stereocenters. The lowest BCUT2D eigenvalue weighted by molar-refractivity contribution is 0.00541. The maximum atomic E-state index is 14.3. The molecule has 2 aliphatic rings. The van der Waals surface area contributed by atoms with E-state index in [1.54, 1.807) is 4.90 Å². The quantitative estimate of drug-likeness (QED) is 0.303. The first-order chi connectivity index (χ1) is 20.3. The van der Waals surface area contributed by atoms with Crippen molar-refractivity contribution in [2.45, 2.75) is 117 Å². The van der Waals surface area contributed by atoms with Crippen molar-refractivity contribution in [3.63, 3.8) is 0 Å². The van der Waals surface area contributed by atoms with Gasteiger partial charge >= 0.3 is 13.2 Å². The second kappa shape index (κ2) is 12.4. The Bertz CT molecular complexity index is 1260. The van der Waals surface area contributed by atoms with Gasteiger partial charge in [-0.3, -0.25) is 4.90 Å². The fourth-order valence-electron chi connectivity index (χ4n) is 6.51. The van der Waals surface area contributed by atoms with Crippen molar-refractivity contribution in [1.29, 1.82) is 0 Å². The largest absolute Gasteiger partial charge is 0.512 e. The zero-order valence-electron chi connectivity index (χ0n) is 29.1. The van der Waals surface area contributed by atoms with Gasteiger partial charge in [0.15, 0.2) is 0 Å². The predicted octanol–water partition coefficient (Wildman–Crippen LogP) is 7.36. The van der Waals surface area contributed by atoms with Gasteiger partial charge in [-0.1, -0.05) is 101 Å². The highest BCUT2D eigenvalue weighted by atomic mass is 28.4. The van der Waals surface area contributed by atoms with Gasteiger partial charge in [-0.2, -0.15) is 0 Å². The van der Waals surface area contributed by atoms with E-state index in [4.69, 9.17) is 18.5 Å². The Morgan fingerprint density at radius 1 is 0.909 bits per heavy atom. The first-order valence-corrected chi connectivity index (χ1v) is 18.0. The third kappa shape index (κ3) is 6.74. The lowest BCUT2D eigenvalue weighted by Crippen LogP contribution is -2.68. The SMILES string of the molecule is CC(C)C1CC=C(B2OC(C)(C)C(C)(C)O2)N(C(=O)OC(C)(C)C)C1CO[Si](c1ccccc1)(c1ccccc1)C(C)(C)C. The van der Waals surface area contributed by atoms with E-state index in [2.05, 4.69) is 101 Å². The summed E-state index contributed by atoms with van der Waals surface area (Å²) in [5.74, 6) is 0.440. The van der Waals surface area contributed by atoms with Crippen molar-refractivity contribution in [3.8, 4) is 0 Å². The topological polar surface area (TPSA) is 57.2 Å². The Labute approximate surface area is 267 Å². The molecule has 240 valence electrons. The van der Waals surface area contributed by atoms with Crippen molar-refractivity contribution >= 4 is 31.9 Å². The van der Waals surface area contributed by atoms with Crippen molar-refractivity contribution < 1.29 is 23.3 Å². The third-order valence-corrected chi connectivity index (χ3v) is 14.5. The summed E-state index contributed by atoms with van der Waals surface area (Å²) in [5.41, 5.74) is -1.07. The summed E-state index contributed by atoms with van der Waals surface area (Å²) >= 11 is 0. The molecular weight excluding hydrogens is 565 g/mol. The summed E-state index contributed by atoms with van der Waals surface area (Å²) in [5, 5.41) is 2.22. The van der Waals surface area contributed by atoms with Crippen LogP contribution in [-0.4, -0.2) is 55.9 Å². The number of nitrogens with zero attached hydrogens (tertiary/aromatic N) is 1. The van der Waals surface area contributed by atoms with Crippen molar-refractivity contribution in [3.05, 3.63) is 72.3 Å². The summed E-state index contributed by atoms with van der Waals surface area (Å²) in [7, 11) is -3.57. The predicted molar refractivity (Wildman–Crippen MR) is 183 cm³/mol. The number of carbonyl (C=O) groups is 1. The summed E-state index contributed by atoms with van der Waals surface area (Å²) in [6, 6.07) is 21.0. The van der Waals surface area contributed by atoms with Gasteiger partial charge in [0.2, 0.25) is 0 Å². The number of ether oxygens (including phenoxy) is 1. The zero-order valence-corrected chi connectivity index (χ0v) is 30.1. The number of allylic oxidation sites excluding steroid dienone is 1. The van der Waals surface area contributed by atoms with Gasteiger partial charge < -0.3 is 18.5 Å². The van der Waals surface area contributed by atoms with Crippen LogP contribution in [0.3, 0.4) is 0 Å². The minimum Gasteiger partial charge on any atom is -0.443 e. The molecular formula is C36H54BNO5Si. The van der Waals surface area contributed by atoms with E-state index in [-0.39, 0.29) is 17.0 Å². The van der Waals surface area contributed by atoms with E-state index < -0.39 is 38.3 Å². The van der Waals surface area contributed by atoms with E-state index in [0.717, 1.165) is 6.42 Å². The van der Waals surface area contributed by atoms with Crippen LogP contribution in [0.2, 0.25) is 5.04 Å². The van der Waals surface area contributed by atoms with Crippen LogP contribution in [0.15, 0.2) is 72.3 Å². The molecule has 0 spiro atoms. The van der Waals surface area contributed by atoms with Gasteiger partial charge in [-0.25, -0.2) is 4.79 Å². The number of rotatable bonds is 7. The second-order valence-electron chi connectivity index (χ2n) is 15.8. The molecule has 0 aliphatic carbocycles. The van der Waals surface area contributed by atoms with Crippen molar-refractivity contribution in [1.82, 2.24) is 4.90 Å². The molecule has 2 aliphatic heterocycles. The Kier molecular flexibility index (Phi) is 9.74. The normalized spacial score (nSPS) is 22.2. The fourth-order valence-corrected chi connectivity index (χ4v) is 11.1. The number of hydrogen-bond acceptors (Lipinski definition) is 5. The molecule has 1 fully saturated rings. The number of amides is 1. The molecule has 8 heteroatoms. The highest BCUT2D eigenvalue weighted by molar-refractivity contribution is 6.99. The average molecular weight is 620 g/mol. The molecule has 6 nitrogen and oxygen atoms in total. The highest BCUT2D eigenvalue weighted by Crippen LogP contribution is 2.43. The zero-order chi connectivity index (χ0) is 32.7. The number of hydrogen-bond donors (Lipinski definition) is 0. The molecule has 2 aromatic rings. The van der Waals surface area contributed by atoms with Crippen LogP contribution in [0.5, 0.6) is 0 Å². The van der Waals surface area contributed by atoms with Crippen LogP contribution in [-0.2, 0) is 18.5 Å². The molecule has 0 N–H and O–H groups in total. The molecule has 2 heterocycles. The minimum absolute atomic E-state index is 0.145. The lowest BCUT2D eigenvalue weighted by atomic mass is 9.74. The van der Waals surface area contributed by atoms with Gasteiger partial charge in [-0.05, 0) is 82.1 Å². The standard InChI is InChI=1S/C36H54BNO5Si/c1-26(2)29-23-24-31(37-42-35(9,10)36(11,12)43-37)38(32(39)41-33(3,4)5)30(29)25-40-44(34(6,7)8,27-19-15-13-16-20-27)28-21-17-14-18-22-28/h13-22,24,26,29-30H,23,25H2,1-12H3. The van der Waals surface area contributed by atoms with Crippen LogP contribution < -0.4 is 10.4 Å². The Morgan fingerprint density at radius 3 is 1.80 bits per heavy atom. The van der Waals surface area contributed by atoms with Crippen LogP contribution in [0.25, 0.3) is 0 Å². The summed E-state index contributed by atoms with van der Waals surface area (Å²) < 4.78 is 26.6. The molecule has 0 bridgehead atoms. The van der Waals surface area contributed by atoms with Crippen LogP contribution in [0.4, 0.5) is 4.79 Å². The first-order valence-electron chi connectivity index (χ1n) is 16.1. The Balaban J connectivity index is 1.84. The van der Waals surface area contributed by atoms with Crippen LogP contribution >= 0.6 is 0 Å². The van der Waals surface area contributed by atoms with Gasteiger partial charge in [0, 0.05) is 0 Å². The van der Waals surface area contributed by atoms with E-state index >= 15 is 0 Å². The van der Waals surface area contributed by atoms with Gasteiger partial charge in [0.25, 0.3) is 8.32 Å². The Hall–Kier alpha value is -2.39. The van der Waals surface area contributed by atoms with E-state index in [0.29, 0.717) is 18.1 Å². The smallest absolute Gasteiger partial charge is 0.443 e. The fraction of sp³-hybridized carbons (Fsp3) is 0.583. The van der Waals surface area contributed by atoms with E-state index in [9.17, 15) is 4.79 Å². The molecule has 1 saturated heterocycles. The van der Waals surface area contributed by atoms with Gasteiger partial charge in [-0.15, -0.1) is 0 Å². The molecule has 2 aromatic carbocycles. The summed E-state index contributed by atoms with van der Waals surface area (Å²) in [4.78, 5) is 16.1. The molecule has 2 atom stereocenters. The lowest BCUT2D eigenvalue weighted by Gasteiger charge is -2.47. The van der Waals surface area contributed by atoms with Crippen molar-refractivity contribution in [2.24, 2.45) is 11.8 Å². The van der Waals surface area contributed by atoms with E-state index in [1.807, 2.05) is 48.5 Å². The van der Waals surface area contributed by atoms with E-state index in [1.165, 1.54) is 10.4 Å². The molecule has 0 aromatic heterocycles. The van der Waals surface area contributed by atoms with Crippen LogP contribution in [0.1, 0.15) is 89.5 Å². The van der Waals surface area contributed by atoms with Gasteiger partial charge in [0.05, 0.1) is 29.4 Å². The second-order valence-corrected chi connectivity index (χ2v) is 20.1. The van der Waals surface area contributed by atoms with Crippen LogP contribution in [0, 0.1) is 11.8 Å². The maximum Gasteiger partial charge on any atom is 0.512 e. The summed E-state index contributed by atoms with van der Waals surface area (Å²) in [6.07, 6.45) is 2.50. The molecule has 4 rings (SSSR count). The van der Waals surface area contributed by atoms with Crippen molar-refractivity contribution in [2.75, 3.05) is 6.61 Å². The molecule has 0 saturated carbocycles. The minimum atomic E-state index is -2.87. The number of benzene rings is 2. The molecule has 0 radical (unpaired) electrons. The monoisotopic (exact) mass is 619 g/mol. The third-order valence-electron chi connectivity index (χ3n) is 9.53.